The van der Waals surface area contributed by atoms with E-state index in [4.69, 9.17) is 9.84 Å². The molecule has 1 aromatic rings. The SMILES string of the molecule is CCCOc1cccc(NC(=O)N(C)CC(C)C(=O)O)c1. The van der Waals surface area contributed by atoms with Crippen LogP contribution in [0.15, 0.2) is 24.3 Å². The fourth-order valence-electron chi connectivity index (χ4n) is 1.67. The van der Waals surface area contributed by atoms with Gasteiger partial charge in [-0.1, -0.05) is 19.9 Å². The Morgan fingerprint density at radius 2 is 2.14 bits per heavy atom. The molecular formula is C15H22N2O4. The number of ether oxygens (including phenoxy) is 1. The lowest BCUT2D eigenvalue weighted by molar-refractivity contribution is -0.141. The summed E-state index contributed by atoms with van der Waals surface area (Å²) in [5.74, 6) is -0.846. The molecule has 116 valence electrons. The number of amides is 2. The van der Waals surface area contributed by atoms with Crippen LogP contribution in [0.4, 0.5) is 10.5 Å². The maximum Gasteiger partial charge on any atom is 0.321 e. The number of nitrogens with zero attached hydrogens (tertiary/aromatic N) is 1. The lowest BCUT2D eigenvalue weighted by Crippen LogP contribution is -2.36. The largest absolute Gasteiger partial charge is 0.494 e. The van der Waals surface area contributed by atoms with Crippen LogP contribution in [0.5, 0.6) is 5.75 Å². The molecule has 1 rings (SSSR count). The van der Waals surface area contributed by atoms with Crippen molar-refractivity contribution < 1.29 is 19.4 Å². The van der Waals surface area contributed by atoms with Crippen LogP contribution >= 0.6 is 0 Å². The van der Waals surface area contributed by atoms with Gasteiger partial charge in [-0.25, -0.2) is 4.79 Å². The van der Waals surface area contributed by atoms with Crippen LogP contribution in [-0.2, 0) is 4.79 Å². The highest BCUT2D eigenvalue weighted by Crippen LogP contribution is 2.18. The van der Waals surface area contributed by atoms with Gasteiger partial charge in [0.15, 0.2) is 0 Å². The molecule has 1 atom stereocenters. The Bertz CT molecular complexity index is 490. The Morgan fingerprint density at radius 1 is 1.43 bits per heavy atom. The first-order valence-corrected chi connectivity index (χ1v) is 6.91. The summed E-state index contributed by atoms with van der Waals surface area (Å²) in [6.07, 6.45) is 0.909. The lowest BCUT2D eigenvalue weighted by Gasteiger charge is -2.20. The van der Waals surface area contributed by atoms with Gasteiger partial charge in [0.25, 0.3) is 0 Å². The minimum Gasteiger partial charge on any atom is -0.494 e. The normalized spacial score (nSPS) is 11.6. The van der Waals surface area contributed by atoms with Crippen LogP contribution in [0.25, 0.3) is 0 Å². The number of carbonyl (C=O) groups excluding carboxylic acids is 1. The molecule has 0 bridgehead atoms. The van der Waals surface area contributed by atoms with Crippen LogP contribution in [0.2, 0.25) is 0 Å². The summed E-state index contributed by atoms with van der Waals surface area (Å²) in [5.41, 5.74) is 0.614. The Morgan fingerprint density at radius 3 is 2.76 bits per heavy atom. The molecule has 0 saturated carbocycles. The third kappa shape index (κ3) is 5.72. The molecule has 2 amide bonds. The van der Waals surface area contributed by atoms with Crippen LogP contribution in [0.3, 0.4) is 0 Å². The molecule has 1 unspecified atom stereocenters. The van der Waals surface area contributed by atoms with Crippen LogP contribution < -0.4 is 10.1 Å². The second-order valence-electron chi connectivity index (χ2n) is 4.93. The molecule has 0 spiro atoms. The van der Waals surface area contributed by atoms with Crippen molar-refractivity contribution in [3.8, 4) is 5.75 Å². The average molecular weight is 294 g/mol. The first kappa shape index (κ1) is 16.8. The van der Waals surface area contributed by atoms with Crippen molar-refractivity contribution in [2.75, 3.05) is 25.5 Å². The van der Waals surface area contributed by atoms with E-state index in [0.717, 1.165) is 6.42 Å². The Labute approximate surface area is 124 Å². The van der Waals surface area contributed by atoms with E-state index in [0.29, 0.717) is 18.0 Å². The molecule has 2 N–H and O–H groups in total. The van der Waals surface area contributed by atoms with Gasteiger partial charge in [-0.2, -0.15) is 0 Å². The molecule has 0 radical (unpaired) electrons. The van der Waals surface area contributed by atoms with E-state index in [1.807, 2.05) is 13.0 Å². The molecule has 0 aromatic heterocycles. The minimum atomic E-state index is -0.926. The molecule has 6 heteroatoms. The van der Waals surface area contributed by atoms with Crippen molar-refractivity contribution in [3.05, 3.63) is 24.3 Å². The van der Waals surface area contributed by atoms with Gasteiger partial charge >= 0.3 is 12.0 Å². The maximum absolute atomic E-state index is 12.0. The molecule has 1 aromatic carbocycles. The number of rotatable bonds is 7. The zero-order valence-electron chi connectivity index (χ0n) is 12.6. The highest BCUT2D eigenvalue weighted by molar-refractivity contribution is 5.89. The summed E-state index contributed by atoms with van der Waals surface area (Å²) in [6.45, 7) is 4.34. The van der Waals surface area contributed by atoms with Crippen molar-refractivity contribution in [2.45, 2.75) is 20.3 Å². The number of benzene rings is 1. The van der Waals surface area contributed by atoms with Gasteiger partial charge in [0.05, 0.1) is 12.5 Å². The van der Waals surface area contributed by atoms with Crippen molar-refractivity contribution >= 4 is 17.7 Å². The van der Waals surface area contributed by atoms with Crippen molar-refractivity contribution in [2.24, 2.45) is 5.92 Å². The summed E-state index contributed by atoms with van der Waals surface area (Å²) in [4.78, 5) is 24.1. The van der Waals surface area contributed by atoms with Gasteiger partial charge in [0.2, 0.25) is 0 Å². The fourth-order valence-corrected chi connectivity index (χ4v) is 1.67. The van der Waals surface area contributed by atoms with Gasteiger partial charge in [0, 0.05) is 25.3 Å². The standard InChI is InChI=1S/C15H22N2O4/c1-4-8-21-13-7-5-6-12(9-13)16-15(20)17(3)10-11(2)14(18)19/h5-7,9,11H,4,8,10H2,1-3H3,(H,16,20)(H,18,19). The van der Waals surface area contributed by atoms with Crippen LogP contribution in [0, 0.1) is 5.92 Å². The number of nitrogens with one attached hydrogen (secondary N) is 1. The van der Waals surface area contributed by atoms with Gasteiger partial charge in [-0.05, 0) is 18.6 Å². The number of carbonyl (C=O) groups is 2. The first-order chi connectivity index (χ1) is 9.93. The quantitative estimate of drug-likeness (QED) is 0.810. The predicted molar refractivity (Wildman–Crippen MR) is 80.7 cm³/mol. The molecule has 0 aliphatic rings. The van der Waals surface area contributed by atoms with Crippen molar-refractivity contribution in [3.63, 3.8) is 0 Å². The average Bonchev–Trinajstić information content (AvgIpc) is 2.45. The van der Waals surface area contributed by atoms with E-state index >= 15 is 0 Å². The van der Waals surface area contributed by atoms with E-state index in [1.54, 1.807) is 32.2 Å². The highest BCUT2D eigenvalue weighted by Gasteiger charge is 2.17. The highest BCUT2D eigenvalue weighted by atomic mass is 16.5. The maximum atomic E-state index is 12.0. The minimum absolute atomic E-state index is 0.146. The number of hydrogen-bond donors (Lipinski definition) is 2. The first-order valence-electron chi connectivity index (χ1n) is 6.91. The summed E-state index contributed by atoms with van der Waals surface area (Å²) in [7, 11) is 1.56. The number of aliphatic carboxylic acids is 1. The van der Waals surface area contributed by atoms with Crippen molar-refractivity contribution in [1.29, 1.82) is 0 Å². The van der Waals surface area contributed by atoms with E-state index in [9.17, 15) is 9.59 Å². The Kier molecular flexibility index (Phi) is 6.52. The van der Waals surface area contributed by atoms with Crippen LogP contribution in [-0.4, -0.2) is 42.2 Å². The predicted octanol–water partition coefficient (Wildman–Crippen LogP) is 2.66. The summed E-state index contributed by atoms with van der Waals surface area (Å²) >= 11 is 0. The second kappa shape index (κ2) is 8.14. The van der Waals surface area contributed by atoms with Gasteiger partial charge in [-0.15, -0.1) is 0 Å². The monoisotopic (exact) mass is 294 g/mol. The molecular weight excluding hydrogens is 272 g/mol. The second-order valence-corrected chi connectivity index (χ2v) is 4.93. The summed E-state index contributed by atoms with van der Waals surface area (Å²) in [5, 5.41) is 11.6. The van der Waals surface area contributed by atoms with Gasteiger partial charge in [-0.3, -0.25) is 4.79 Å². The molecule has 0 aliphatic carbocycles. The molecule has 21 heavy (non-hydrogen) atoms. The number of anilines is 1. The van der Waals surface area contributed by atoms with Gasteiger partial charge in [0.1, 0.15) is 5.75 Å². The number of hydrogen-bond acceptors (Lipinski definition) is 3. The zero-order chi connectivity index (χ0) is 15.8. The fraction of sp³-hybridized carbons (Fsp3) is 0.467. The van der Waals surface area contributed by atoms with Crippen molar-refractivity contribution in [1.82, 2.24) is 4.90 Å². The molecule has 0 saturated heterocycles. The molecule has 0 fully saturated rings. The molecule has 6 nitrogen and oxygen atoms in total. The Hall–Kier alpha value is -2.24. The number of carboxylic acid groups (broad SMARTS) is 1. The molecule has 0 heterocycles. The third-order valence-electron chi connectivity index (χ3n) is 2.87. The zero-order valence-corrected chi connectivity index (χ0v) is 12.6. The Balaban J connectivity index is 2.59. The van der Waals surface area contributed by atoms with Crippen LogP contribution in [0.1, 0.15) is 20.3 Å². The van der Waals surface area contributed by atoms with E-state index in [1.165, 1.54) is 4.90 Å². The number of carboxylic acids is 1. The van der Waals surface area contributed by atoms with E-state index in [-0.39, 0.29) is 12.6 Å². The summed E-state index contributed by atoms with van der Waals surface area (Å²) in [6, 6.07) is 6.76. The lowest BCUT2D eigenvalue weighted by atomic mass is 10.2. The van der Waals surface area contributed by atoms with Gasteiger partial charge < -0.3 is 20.1 Å². The molecule has 0 aliphatic heterocycles. The summed E-state index contributed by atoms with van der Waals surface area (Å²) < 4.78 is 5.49. The topological polar surface area (TPSA) is 78.9 Å². The van der Waals surface area contributed by atoms with E-state index < -0.39 is 11.9 Å². The smallest absolute Gasteiger partial charge is 0.321 e. The third-order valence-corrected chi connectivity index (χ3v) is 2.87. The van der Waals surface area contributed by atoms with E-state index in [2.05, 4.69) is 5.32 Å². The number of urea groups is 1.